The standard InChI is InChI=1S/C23H20N4O2/c1-15-21(16(2)27(26-15)19-10-4-3-5-11-19)14-24-25-23(29)20-12-17-8-6-7-9-18(17)13-22(20)28/h3-14,28H,1-2H3,(H,25,29)/b24-14+. The Morgan fingerprint density at radius 3 is 2.41 bits per heavy atom. The smallest absolute Gasteiger partial charge is 0.275 e. The van der Waals surface area contributed by atoms with Crippen molar-refractivity contribution in [2.75, 3.05) is 0 Å². The van der Waals surface area contributed by atoms with Gasteiger partial charge in [0, 0.05) is 5.56 Å². The zero-order valence-corrected chi connectivity index (χ0v) is 16.1. The molecule has 0 atom stereocenters. The van der Waals surface area contributed by atoms with Crippen molar-refractivity contribution in [3.05, 3.63) is 89.2 Å². The van der Waals surface area contributed by atoms with E-state index < -0.39 is 5.91 Å². The lowest BCUT2D eigenvalue weighted by atomic mass is 10.1. The summed E-state index contributed by atoms with van der Waals surface area (Å²) in [5.41, 5.74) is 6.17. The zero-order chi connectivity index (χ0) is 20.4. The number of aromatic nitrogens is 2. The molecular weight excluding hydrogens is 364 g/mol. The molecule has 1 amide bonds. The van der Waals surface area contributed by atoms with Gasteiger partial charge in [0.2, 0.25) is 0 Å². The Morgan fingerprint density at radius 2 is 1.69 bits per heavy atom. The lowest BCUT2D eigenvalue weighted by Crippen LogP contribution is -2.17. The normalized spacial score (nSPS) is 11.2. The number of carbonyl (C=O) groups is 1. The molecule has 0 aliphatic carbocycles. The number of phenolic OH excluding ortho intramolecular Hbond substituents is 1. The van der Waals surface area contributed by atoms with Crippen LogP contribution in [0.15, 0.2) is 71.8 Å². The van der Waals surface area contributed by atoms with Gasteiger partial charge < -0.3 is 5.11 Å². The molecule has 29 heavy (non-hydrogen) atoms. The van der Waals surface area contributed by atoms with Crippen molar-refractivity contribution in [2.24, 2.45) is 5.10 Å². The highest BCUT2D eigenvalue weighted by Crippen LogP contribution is 2.25. The van der Waals surface area contributed by atoms with Crippen molar-refractivity contribution in [3.63, 3.8) is 0 Å². The van der Waals surface area contributed by atoms with E-state index in [9.17, 15) is 9.90 Å². The summed E-state index contributed by atoms with van der Waals surface area (Å²) in [5, 5.41) is 20.6. The number of para-hydroxylation sites is 1. The molecule has 0 bridgehead atoms. The van der Waals surface area contributed by atoms with Crippen LogP contribution in [0, 0.1) is 13.8 Å². The third kappa shape index (κ3) is 3.60. The van der Waals surface area contributed by atoms with Crippen LogP contribution in [-0.4, -0.2) is 27.0 Å². The van der Waals surface area contributed by atoms with Crippen LogP contribution in [-0.2, 0) is 0 Å². The van der Waals surface area contributed by atoms with E-state index >= 15 is 0 Å². The van der Waals surface area contributed by atoms with Gasteiger partial charge in [0.15, 0.2) is 0 Å². The molecule has 6 heteroatoms. The summed E-state index contributed by atoms with van der Waals surface area (Å²) in [7, 11) is 0. The largest absolute Gasteiger partial charge is 0.507 e. The van der Waals surface area contributed by atoms with Gasteiger partial charge in [0.1, 0.15) is 5.75 Å². The first-order valence-electron chi connectivity index (χ1n) is 9.21. The maximum absolute atomic E-state index is 12.5. The number of nitrogens with zero attached hydrogens (tertiary/aromatic N) is 3. The van der Waals surface area contributed by atoms with Gasteiger partial charge in [-0.25, -0.2) is 10.1 Å². The third-order valence-electron chi connectivity index (χ3n) is 4.82. The average molecular weight is 384 g/mol. The maximum atomic E-state index is 12.5. The van der Waals surface area contributed by atoms with Crippen molar-refractivity contribution in [1.82, 2.24) is 15.2 Å². The summed E-state index contributed by atoms with van der Waals surface area (Å²) < 4.78 is 1.84. The first kappa shape index (κ1) is 18.4. The summed E-state index contributed by atoms with van der Waals surface area (Å²) in [6.45, 7) is 3.84. The highest BCUT2D eigenvalue weighted by molar-refractivity contribution is 6.01. The van der Waals surface area contributed by atoms with Gasteiger partial charge >= 0.3 is 0 Å². The van der Waals surface area contributed by atoms with Crippen LogP contribution in [0.4, 0.5) is 0 Å². The van der Waals surface area contributed by atoms with E-state index in [2.05, 4.69) is 15.6 Å². The number of aromatic hydroxyl groups is 1. The minimum atomic E-state index is -0.477. The van der Waals surface area contributed by atoms with E-state index in [1.54, 1.807) is 18.3 Å². The van der Waals surface area contributed by atoms with Crippen LogP contribution in [0.25, 0.3) is 16.5 Å². The number of phenols is 1. The van der Waals surface area contributed by atoms with E-state index in [0.717, 1.165) is 33.4 Å². The highest BCUT2D eigenvalue weighted by atomic mass is 16.3. The Kier molecular flexibility index (Phi) is 4.83. The SMILES string of the molecule is Cc1nn(-c2ccccc2)c(C)c1/C=N/NC(=O)c1cc2ccccc2cc1O. The number of hydrazone groups is 1. The number of aryl methyl sites for hydroxylation is 1. The Hall–Kier alpha value is -3.93. The molecule has 0 unspecified atom stereocenters. The minimum Gasteiger partial charge on any atom is -0.507 e. The summed E-state index contributed by atoms with van der Waals surface area (Å²) in [4.78, 5) is 12.5. The summed E-state index contributed by atoms with van der Waals surface area (Å²) in [6.07, 6.45) is 1.58. The lowest BCUT2D eigenvalue weighted by Gasteiger charge is -2.06. The van der Waals surface area contributed by atoms with E-state index in [4.69, 9.17) is 0 Å². The molecule has 0 spiro atoms. The fourth-order valence-electron chi connectivity index (χ4n) is 3.29. The van der Waals surface area contributed by atoms with Crippen molar-refractivity contribution < 1.29 is 9.90 Å². The van der Waals surface area contributed by atoms with Gasteiger partial charge in [-0.1, -0.05) is 42.5 Å². The van der Waals surface area contributed by atoms with Gasteiger partial charge in [0.25, 0.3) is 5.91 Å². The number of rotatable bonds is 4. The molecular formula is C23H20N4O2. The van der Waals surface area contributed by atoms with Crippen LogP contribution in [0.2, 0.25) is 0 Å². The molecule has 144 valence electrons. The Morgan fingerprint density at radius 1 is 1.03 bits per heavy atom. The topological polar surface area (TPSA) is 79.5 Å². The number of hydrogen-bond donors (Lipinski definition) is 2. The first-order valence-corrected chi connectivity index (χ1v) is 9.21. The second-order valence-corrected chi connectivity index (χ2v) is 6.75. The molecule has 2 N–H and O–H groups in total. The van der Waals surface area contributed by atoms with Crippen molar-refractivity contribution in [1.29, 1.82) is 0 Å². The fourth-order valence-corrected chi connectivity index (χ4v) is 3.29. The molecule has 1 heterocycles. The number of hydrogen-bond acceptors (Lipinski definition) is 4. The number of benzene rings is 3. The van der Waals surface area contributed by atoms with E-state index in [0.29, 0.717) is 0 Å². The molecule has 0 saturated heterocycles. The van der Waals surface area contributed by atoms with Gasteiger partial charge in [-0.2, -0.15) is 10.2 Å². The van der Waals surface area contributed by atoms with E-state index in [-0.39, 0.29) is 11.3 Å². The van der Waals surface area contributed by atoms with Crippen molar-refractivity contribution in [2.45, 2.75) is 13.8 Å². The summed E-state index contributed by atoms with van der Waals surface area (Å²) in [5.74, 6) is -0.559. The van der Waals surface area contributed by atoms with Crippen molar-refractivity contribution >= 4 is 22.9 Å². The zero-order valence-electron chi connectivity index (χ0n) is 16.1. The second kappa shape index (κ2) is 7.59. The average Bonchev–Trinajstić information content (AvgIpc) is 3.02. The Labute approximate surface area is 168 Å². The number of fused-ring (bicyclic) bond motifs is 1. The molecule has 0 aliphatic rings. The molecule has 3 aromatic carbocycles. The second-order valence-electron chi connectivity index (χ2n) is 6.75. The fraction of sp³-hybridized carbons (Fsp3) is 0.0870. The number of amides is 1. The quantitative estimate of drug-likeness (QED) is 0.410. The van der Waals surface area contributed by atoms with Gasteiger partial charge in [-0.15, -0.1) is 0 Å². The summed E-state index contributed by atoms with van der Waals surface area (Å²) >= 11 is 0. The maximum Gasteiger partial charge on any atom is 0.275 e. The number of nitrogens with one attached hydrogen (secondary N) is 1. The van der Waals surface area contributed by atoms with E-state index in [1.165, 1.54) is 0 Å². The summed E-state index contributed by atoms with van der Waals surface area (Å²) in [6, 6.07) is 20.6. The highest BCUT2D eigenvalue weighted by Gasteiger charge is 2.13. The van der Waals surface area contributed by atoms with Crippen LogP contribution in [0.1, 0.15) is 27.3 Å². The van der Waals surface area contributed by atoms with Crippen LogP contribution in [0.3, 0.4) is 0 Å². The first-order chi connectivity index (χ1) is 14.0. The molecule has 4 aromatic rings. The Balaban J connectivity index is 1.56. The van der Waals surface area contributed by atoms with Gasteiger partial charge in [-0.3, -0.25) is 4.79 Å². The molecule has 0 saturated carbocycles. The van der Waals surface area contributed by atoms with Crippen molar-refractivity contribution in [3.8, 4) is 11.4 Å². The predicted molar refractivity (Wildman–Crippen MR) is 114 cm³/mol. The Bertz CT molecular complexity index is 1230. The predicted octanol–water partition coefficient (Wildman–Crippen LogP) is 4.11. The number of carbonyl (C=O) groups excluding carboxylic acids is 1. The van der Waals surface area contributed by atoms with Gasteiger partial charge in [0.05, 0.1) is 28.9 Å². The minimum absolute atomic E-state index is 0.0827. The van der Waals surface area contributed by atoms with Crippen LogP contribution < -0.4 is 5.43 Å². The molecule has 4 rings (SSSR count). The lowest BCUT2D eigenvalue weighted by molar-refractivity contribution is 0.0952. The van der Waals surface area contributed by atoms with Gasteiger partial charge in [-0.05, 0) is 48.9 Å². The molecule has 1 aromatic heterocycles. The third-order valence-corrected chi connectivity index (χ3v) is 4.82. The van der Waals surface area contributed by atoms with Crippen LogP contribution >= 0.6 is 0 Å². The van der Waals surface area contributed by atoms with E-state index in [1.807, 2.05) is 73.1 Å². The molecule has 6 nitrogen and oxygen atoms in total. The monoisotopic (exact) mass is 384 g/mol. The molecule has 0 aliphatic heterocycles. The molecule has 0 fully saturated rings. The molecule has 0 radical (unpaired) electrons. The van der Waals surface area contributed by atoms with Crippen LogP contribution in [0.5, 0.6) is 5.75 Å².